The first-order chi connectivity index (χ1) is 9.46. The van der Waals surface area contributed by atoms with Crippen LogP contribution in [0.15, 0.2) is 30.7 Å². The van der Waals surface area contributed by atoms with Gasteiger partial charge in [-0.25, -0.2) is 4.98 Å². The van der Waals surface area contributed by atoms with Gasteiger partial charge in [-0.05, 0) is 25.1 Å². The highest BCUT2D eigenvalue weighted by Crippen LogP contribution is 2.17. The van der Waals surface area contributed by atoms with Crippen molar-refractivity contribution in [3.63, 3.8) is 0 Å². The molecular weight excluding hydrogens is 266 g/mol. The Kier molecular flexibility index (Phi) is 4.72. The smallest absolute Gasteiger partial charge is 0.124 e. The van der Waals surface area contributed by atoms with Crippen LogP contribution in [0.25, 0.3) is 11.4 Å². The Hall–Kier alpha value is -1.46. The molecule has 2 aromatic heterocycles. The fourth-order valence-electron chi connectivity index (χ4n) is 1.86. The molecule has 0 aliphatic rings. The molecule has 0 unspecified atom stereocenters. The average molecular weight is 289 g/mol. The number of aryl methyl sites for hydroxylation is 1. The van der Waals surface area contributed by atoms with Gasteiger partial charge < -0.3 is 9.30 Å². The summed E-state index contributed by atoms with van der Waals surface area (Å²) in [6.45, 7) is 10.4. The number of rotatable bonds is 6. The second kappa shape index (κ2) is 6.32. The monoisotopic (exact) mass is 289 g/mol. The maximum atomic E-state index is 5.78. The van der Waals surface area contributed by atoms with Gasteiger partial charge >= 0.3 is 0 Å². The molecule has 5 heteroatoms. The largest absolute Gasteiger partial charge is 0.361 e. The molecule has 0 fully saturated rings. The van der Waals surface area contributed by atoms with Crippen molar-refractivity contribution in [2.75, 3.05) is 6.61 Å². The second-order valence-electron chi connectivity index (χ2n) is 6.26. The van der Waals surface area contributed by atoms with Gasteiger partial charge in [0.05, 0.1) is 23.9 Å². The van der Waals surface area contributed by atoms with Crippen LogP contribution >= 0.6 is 0 Å². The van der Waals surface area contributed by atoms with E-state index in [4.69, 9.17) is 4.74 Å². The van der Waals surface area contributed by atoms with Gasteiger partial charge in [-0.3, -0.25) is 4.98 Å². The molecule has 2 rings (SSSR count). The lowest BCUT2D eigenvalue weighted by molar-refractivity contribution is 0.0881. The van der Waals surface area contributed by atoms with Crippen molar-refractivity contribution < 1.29 is 4.74 Å². The van der Waals surface area contributed by atoms with E-state index in [2.05, 4.69) is 29.6 Å². The number of imidazole rings is 1. The van der Waals surface area contributed by atoms with Crippen LogP contribution in [0.5, 0.6) is 0 Å². The Morgan fingerprint density at radius 3 is 2.75 bits per heavy atom. The Bertz CT molecular complexity index is 560. The van der Waals surface area contributed by atoms with Crippen molar-refractivity contribution in [3.8, 4) is 11.4 Å². The number of pyridine rings is 1. The summed E-state index contributed by atoms with van der Waals surface area (Å²) in [5.41, 5.74) is 2.95. The third kappa shape index (κ3) is 4.28. The van der Waals surface area contributed by atoms with Crippen LogP contribution < -0.4 is 0 Å². The average Bonchev–Trinajstić information content (AvgIpc) is 2.82. The van der Waals surface area contributed by atoms with Crippen LogP contribution in [-0.4, -0.2) is 29.2 Å². The normalized spacial score (nSPS) is 11.8. The lowest BCUT2D eigenvalue weighted by Crippen LogP contribution is -2.22. The highest BCUT2D eigenvalue weighted by Gasteiger charge is 2.12. The molecule has 0 aromatic carbocycles. The molecule has 0 bridgehead atoms. The molecule has 2 aromatic rings. The summed E-state index contributed by atoms with van der Waals surface area (Å²) in [5, 5.41) is 0. The summed E-state index contributed by atoms with van der Waals surface area (Å²) >= 11 is 0. The van der Waals surface area contributed by atoms with E-state index in [0.717, 1.165) is 23.7 Å². The Balaban J connectivity index is 1.99. The molecule has 2 heterocycles. The summed E-state index contributed by atoms with van der Waals surface area (Å²) in [6, 6.07) is 7.19. The van der Waals surface area contributed by atoms with Crippen molar-refractivity contribution in [1.29, 1.82) is 0 Å². The third-order valence-corrected chi connectivity index (χ3v) is 4.79. The van der Waals surface area contributed by atoms with Crippen molar-refractivity contribution in [1.82, 2.24) is 14.5 Å². The van der Waals surface area contributed by atoms with E-state index in [9.17, 15) is 0 Å². The number of ether oxygens (including phenoxy) is 1. The molecule has 0 saturated heterocycles. The zero-order valence-corrected chi connectivity index (χ0v) is 13.8. The molecule has 0 amide bonds. The van der Waals surface area contributed by atoms with Gasteiger partial charge in [-0.2, -0.15) is 0 Å². The van der Waals surface area contributed by atoms with Crippen LogP contribution in [0.2, 0.25) is 25.7 Å². The predicted molar refractivity (Wildman–Crippen MR) is 84.3 cm³/mol. The van der Waals surface area contributed by atoms with Crippen molar-refractivity contribution in [2.24, 2.45) is 0 Å². The van der Waals surface area contributed by atoms with E-state index in [1.165, 1.54) is 6.04 Å². The standard InChI is InChI=1S/C15H23N3OSi/c1-13-6-5-7-14(17-13)15-10-16-11-18(15)12-19-8-9-20(2,3)4/h5-7,10-11H,8-9,12H2,1-4H3. The van der Waals surface area contributed by atoms with Crippen LogP contribution in [0, 0.1) is 6.92 Å². The van der Waals surface area contributed by atoms with Gasteiger partial charge in [0.1, 0.15) is 6.73 Å². The summed E-state index contributed by atoms with van der Waals surface area (Å²) in [5.74, 6) is 0. The van der Waals surface area contributed by atoms with Crippen molar-refractivity contribution >= 4 is 8.07 Å². The Morgan fingerprint density at radius 1 is 1.25 bits per heavy atom. The van der Waals surface area contributed by atoms with Crippen LogP contribution in [0.4, 0.5) is 0 Å². The van der Waals surface area contributed by atoms with Gasteiger partial charge in [0.15, 0.2) is 0 Å². The summed E-state index contributed by atoms with van der Waals surface area (Å²) in [4.78, 5) is 8.74. The molecular formula is C15H23N3OSi. The number of hydrogen-bond donors (Lipinski definition) is 0. The highest BCUT2D eigenvalue weighted by atomic mass is 28.3. The fraction of sp³-hybridized carbons (Fsp3) is 0.467. The molecule has 0 atom stereocenters. The van der Waals surface area contributed by atoms with Gasteiger partial charge in [0.25, 0.3) is 0 Å². The summed E-state index contributed by atoms with van der Waals surface area (Å²) < 4.78 is 7.78. The first kappa shape index (κ1) is 14.9. The molecule has 0 aliphatic carbocycles. The van der Waals surface area contributed by atoms with Gasteiger partial charge in [-0.15, -0.1) is 0 Å². The molecule has 0 spiro atoms. The summed E-state index contributed by atoms with van der Waals surface area (Å²) in [7, 11) is -1.03. The molecule has 20 heavy (non-hydrogen) atoms. The first-order valence-electron chi connectivity index (χ1n) is 6.98. The third-order valence-electron chi connectivity index (χ3n) is 3.09. The van der Waals surface area contributed by atoms with Crippen molar-refractivity contribution in [3.05, 3.63) is 36.4 Å². The predicted octanol–water partition coefficient (Wildman–Crippen LogP) is 3.57. The van der Waals surface area contributed by atoms with Gasteiger partial charge in [-0.1, -0.05) is 25.7 Å². The highest BCUT2D eigenvalue weighted by molar-refractivity contribution is 6.76. The SMILES string of the molecule is Cc1cccc(-c2cncn2COCC[Si](C)(C)C)n1. The minimum atomic E-state index is -1.03. The van der Waals surface area contributed by atoms with E-state index in [0.29, 0.717) is 6.73 Å². The van der Waals surface area contributed by atoms with E-state index < -0.39 is 8.07 Å². The molecule has 0 saturated carbocycles. The lowest BCUT2D eigenvalue weighted by atomic mass is 10.2. The number of nitrogens with zero attached hydrogens (tertiary/aromatic N) is 3. The van der Waals surface area contributed by atoms with E-state index in [-0.39, 0.29) is 0 Å². The minimum Gasteiger partial charge on any atom is -0.361 e. The number of aromatic nitrogens is 3. The van der Waals surface area contributed by atoms with Crippen LogP contribution in [0.1, 0.15) is 5.69 Å². The molecule has 0 radical (unpaired) electrons. The lowest BCUT2D eigenvalue weighted by Gasteiger charge is -2.16. The molecule has 4 nitrogen and oxygen atoms in total. The van der Waals surface area contributed by atoms with Gasteiger partial charge in [0.2, 0.25) is 0 Å². The van der Waals surface area contributed by atoms with E-state index in [1.54, 1.807) is 6.33 Å². The van der Waals surface area contributed by atoms with Crippen molar-refractivity contribution in [2.45, 2.75) is 39.3 Å². The minimum absolute atomic E-state index is 0.537. The maximum Gasteiger partial charge on any atom is 0.124 e. The van der Waals surface area contributed by atoms with E-state index in [1.807, 2.05) is 35.9 Å². The number of hydrogen-bond acceptors (Lipinski definition) is 3. The molecule has 108 valence electrons. The Morgan fingerprint density at radius 2 is 2.05 bits per heavy atom. The molecule has 0 aliphatic heterocycles. The zero-order valence-electron chi connectivity index (χ0n) is 12.8. The fourth-order valence-corrected chi connectivity index (χ4v) is 2.62. The topological polar surface area (TPSA) is 39.9 Å². The Labute approximate surface area is 121 Å². The quantitative estimate of drug-likeness (QED) is 0.603. The first-order valence-corrected chi connectivity index (χ1v) is 10.7. The molecule has 0 N–H and O–H groups in total. The van der Waals surface area contributed by atoms with Crippen LogP contribution in [0.3, 0.4) is 0 Å². The van der Waals surface area contributed by atoms with Crippen LogP contribution in [-0.2, 0) is 11.5 Å². The second-order valence-corrected chi connectivity index (χ2v) is 11.9. The van der Waals surface area contributed by atoms with E-state index >= 15 is 0 Å². The summed E-state index contributed by atoms with van der Waals surface area (Å²) in [6.07, 6.45) is 3.64. The van der Waals surface area contributed by atoms with Gasteiger partial charge in [0, 0.05) is 20.4 Å². The zero-order chi connectivity index (χ0) is 14.6. The maximum absolute atomic E-state index is 5.78.